The lowest BCUT2D eigenvalue weighted by Gasteiger charge is -2.27. The molecule has 0 saturated carbocycles. The van der Waals surface area contributed by atoms with Crippen LogP contribution in [-0.2, 0) is 0 Å². The molecule has 5 heterocycles. The minimum atomic E-state index is 0.694. The lowest BCUT2D eigenvalue weighted by Crippen LogP contribution is -2.10. The molecule has 0 spiro atoms. The third-order valence-electron chi connectivity index (χ3n) is 14.3. The average molecular weight is 878 g/mol. The Morgan fingerprint density at radius 1 is 0.261 bits per heavy atom. The Balaban J connectivity index is 0.932. The fourth-order valence-corrected chi connectivity index (χ4v) is 11.3. The van der Waals surface area contributed by atoms with Crippen molar-refractivity contribution in [1.82, 2.24) is 18.8 Å². The highest BCUT2D eigenvalue weighted by atomic mass is 15.1. The van der Waals surface area contributed by atoms with Gasteiger partial charge in [0.15, 0.2) is 5.82 Å². The fourth-order valence-electron chi connectivity index (χ4n) is 11.3. The van der Waals surface area contributed by atoms with E-state index in [0.29, 0.717) is 5.82 Å². The first-order valence-corrected chi connectivity index (χ1v) is 23.6. The molecule has 0 radical (unpaired) electrons. The molecule has 0 amide bonds. The van der Waals surface area contributed by atoms with Gasteiger partial charge in [-0.3, -0.25) is 0 Å². The molecule has 69 heavy (non-hydrogen) atoms. The van der Waals surface area contributed by atoms with E-state index in [2.05, 4.69) is 238 Å². The normalized spacial score (nSPS) is 12.1. The largest absolute Gasteiger partial charge is 0.310 e. The Labute approximate surface area is 396 Å². The molecule has 0 unspecified atom stereocenters. The van der Waals surface area contributed by atoms with Crippen LogP contribution >= 0.6 is 0 Å². The summed E-state index contributed by atoms with van der Waals surface area (Å²) in [5.74, 6) is 0.694. The van der Waals surface area contributed by atoms with Crippen molar-refractivity contribution in [3.05, 3.63) is 237 Å². The zero-order valence-electron chi connectivity index (χ0n) is 37.3. The van der Waals surface area contributed by atoms with E-state index in [1.807, 2.05) is 12.1 Å². The topological polar surface area (TPSA) is 37.8 Å². The molecule has 15 aromatic rings. The summed E-state index contributed by atoms with van der Waals surface area (Å²) < 4.78 is 4.91. The Kier molecular flexibility index (Phi) is 8.00. The summed E-state index contributed by atoms with van der Waals surface area (Å²) in [6, 6.07) is 85.6. The molecule has 5 nitrogen and oxygen atoms in total. The van der Waals surface area contributed by atoms with Gasteiger partial charge in [-0.2, -0.15) is 0 Å². The number of para-hydroxylation sites is 4. The monoisotopic (exact) mass is 877 g/mol. The van der Waals surface area contributed by atoms with Crippen molar-refractivity contribution < 1.29 is 0 Å². The van der Waals surface area contributed by atoms with Crippen LogP contribution in [0.1, 0.15) is 0 Å². The predicted octanol–water partition coefficient (Wildman–Crippen LogP) is 16.9. The molecule has 0 bridgehead atoms. The molecule has 0 saturated heterocycles. The first-order valence-electron chi connectivity index (χ1n) is 23.6. The highest BCUT2D eigenvalue weighted by Crippen LogP contribution is 2.48. The lowest BCUT2D eigenvalue weighted by molar-refractivity contribution is 1.18. The summed E-state index contributed by atoms with van der Waals surface area (Å²) in [6.07, 6.45) is 0. The number of anilines is 3. The van der Waals surface area contributed by atoms with Crippen LogP contribution in [0.2, 0.25) is 0 Å². The summed E-state index contributed by atoms with van der Waals surface area (Å²) in [5, 5.41) is 9.97. The maximum Gasteiger partial charge on any atom is 0.160 e. The molecule has 0 aliphatic carbocycles. The average Bonchev–Trinajstić information content (AvgIpc) is 4.15. The van der Waals surface area contributed by atoms with E-state index in [4.69, 9.17) is 9.97 Å². The number of hydrogen-bond acceptors (Lipinski definition) is 3. The van der Waals surface area contributed by atoms with Crippen LogP contribution < -0.4 is 4.90 Å². The summed E-state index contributed by atoms with van der Waals surface area (Å²) in [5.41, 5.74) is 17.8. The third kappa shape index (κ3) is 5.65. The van der Waals surface area contributed by atoms with Gasteiger partial charge >= 0.3 is 0 Å². The van der Waals surface area contributed by atoms with E-state index < -0.39 is 0 Å². The van der Waals surface area contributed by atoms with Gasteiger partial charge in [0.25, 0.3) is 0 Å². The molecule has 5 aromatic heterocycles. The second-order valence-electron chi connectivity index (χ2n) is 18.2. The second kappa shape index (κ2) is 14.6. The minimum absolute atomic E-state index is 0.694. The highest BCUT2D eigenvalue weighted by molar-refractivity contribution is 6.26. The van der Waals surface area contributed by atoms with Gasteiger partial charge in [-0.15, -0.1) is 0 Å². The van der Waals surface area contributed by atoms with E-state index >= 15 is 0 Å². The van der Waals surface area contributed by atoms with Crippen LogP contribution in [0.15, 0.2) is 237 Å². The molecular formula is C64H39N5. The van der Waals surface area contributed by atoms with Crippen molar-refractivity contribution in [3.8, 4) is 45.0 Å². The van der Waals surface area contributed by atoms with Crippen molar-refractivity contribution in [2.24, 2.45) is 0 Å². The second-order valence-corrected chi connectivity index (χ2v) is 18.2. The maximum absolute atomic E-state index is 5.12. The number of hydrogen-bond donors (Lipinski definition) is 0. The molecule has 0 atom stereocenters. The minimum Gasteiger partial charge on any atom is -0.310 e. The zero-order valence-corrected chi connectivity index (χ0v) is 37.3. The van der Waals surface area contributed by atoms with Crippen LogP contribution in [-0.4, -0.2) is 18.8 Å². The molecular weight excluding hydrogens is 839 g/mol. The summed E-state index contributed by atoms with van der Waals surface area (Å²) >= 11 is 0. The van der Waals surface area contributed by atoms with E-state index in [0.717, 1.165) is 56.3 Å². The highest BCUT2D eigenvalue weighted by Gasteiger charge is 2.25. The van der Waals surface area contributed by atoms with E-state index in [1.165, 1.54) is 76.2 Å². The van der Waals surface area contributed by atoms with Gasteiger partial charge < -0.3 is 13.7 Å². The predicted molar refractivity (Wildman–Crippen MR) is 288 cm³/mol. The van der Waals surface area contributed by atoms with Gasteiger partial charge in [0.2, 0.25) is 0 Å². The number of nitrogens with zero attached hydrogens (tertiary/aromatic N) is 5. The smallest absolute Gasteiger partial charge is 0.160 e. The molecule has 0 aliphatic rings. The summed E-state index contributed by atoms with van der Waals surface area (Å²) in [7, 11) is 0. The van der Waals surface area contributed by atoms with Crippen molar-refractivity contribution in [2.75, 3.05) is 4.90 Å². The molecule has 10 aromatic carbocycles. The van der Waals surface area contributed by atoms with Crippen molar-refractivity contribution in [2.45, 2.75) is 0 Å². The van der Waals surface area contributed by atoms with Gasteiger partial charge in [-0.25, -0.2) is 9.97 Å². The molecule has 5 heteroatoms. The van der Waals surface area contributed by atoms with Gasteiger partial charge in [0, 0.05) is 76.8 Å². The van der Waals surface area contributed by atoms with Crippen LogP contribution in [0, 0.1) is 0 Å². The quantitative estimate of drug-likeness (QED) is 0.160. The van der Waals surface area contributed by atoms with Crippen molar-refractivity contribution in [3.63, 3.8) is 0 Å². The number of rotatable bonds is 7. The number of benzene rings is 10. The van der Waals surface area contributed by atoms with Crippen LogP contribution in [0.5, 0.6) is 0 Å². The van der Waals surface area contributed by atoms with Crippen molar-refractivity contribution in [1.29, 1.82) is 0 Å². The van der Waals surface area contributed by atoms with Gasteiger partial charge in [0.1, 0.15) is 0 Å². The van der Waals surface area contributed by atoms with Gasteiger partial charge in [-0.05, 0) is 77.9 Å². The summed E-state index contributed by atoms with van der Waals surface area (Å²) in [6.45, 7) is 0. The fraction of sp³-hybridized carbons (Fsp3) is 0. The molecule has 0 fully saturated rings. The third-order valence-corrected chi connectivity index (χ3v) is 14.3. The zero-order chi connectivity index (χ0) is 45.2. The first kappa shape index (κ1) is 37.9. The molecule has 0 aliphatic heterocycles. The Morgan fingerprint density at radius 3 is 1.07 bits per heavy atom. The number of aromatic nitrogens is 4. The van der Waals surface area contributed by atoms with E-state index in [1.54, 1.807) is 0 Å². The first-order chi connectivity index (χ1) is 34.2. The lowest BCUT2D eigenvalue weighted by atomic mass is 10.0. The Morgan fingerprint density at radius 2 is 0.638 bits per heavy atom. The molecule has 15 rings (SSSR count). The number of fused-ring (bicyclic) bond motifs is 12. The van der Waals surface area contributed by atoms with Gasteiger partial charge in [0.05, 0.1) is 44.5 Å². The van der Waals surface area contributed by atoms with Crippen molar-refractivity contribution >= 4 is 93.3 Å². The van der Waals surface area contributed by atoms with Gasteiger partial charge in [-0.1, -0.05) is 170 Å². The van der Waals surface area contributed by atoms with Crippen LogP contribution in [0.4, 0.5) is 17.1 Å². The van der Waals surface area contributed by atoms with Crippen LogP contribution in [0.3, 0.4) is 0 Å². The van der Waals surface area contributed by atoms with E-state index in [-0.39, 0.29) is 0 Å². The van der Waals surface area contributed by atoms with Crippen LogP contribution in [0.25, 0.3) is 121 Å². The summed E-state index contributed by atoms with van der Waals surface area (Å²) in [4.78, 5) is 12.7. The van der Waals surface area contributed by atoms with E-state index in [9.17, 15) is 0 Å². The standard InChI is InChI=1S/C64H39N5/c1-3-16-41(17-4-1)56-39-57(42-18-5-2-6-19-42)66-64(65-56)43-32-30-40(31-33-43)44-20-15-21-45(34-44)67(46-35-52-48-22-7-11-26-58(48)68-59-27-12-8-23-49(59)53(36-46)62(52)68)47-37-54-50-24-9-13-28-60(50)69-61-29-14-10-25-51(61)55(38-47)63(54)69/h1-39H. The molecule has 0 N–H and O–H groups in total. The molecule has 320 valence electrons. The Hall–Kier alpha value is -9.32. The maximum atomic E-state index is 5.12. The SMILES string of the molecule is c1ccc(-c2cc(-c3ccccc3)nc(-c3ccc(-c4cccc(N(c5cc6c7ccccc7n7c8ccccc8c(c5)c67)c5cc6c7ccccc7n7c8ccccc8c(c5)c67)c4)cc3)n2)cc1. The Bertz CT molecular complexity index is 4070.